The number of rotatable bonds is 7. The molecule has 6 nitrogen and oxygen atoms in total. The number of aromatic nitrogens is 1. The van der Waals surface area contributed by atoms with Crippen LogP contribution in [0.4, 0.5) is 0 Å². The average Bonchev–Trinajstić information content (AvgIpc) is 2.88. The molecule has 112 valence electrons. The van der Waals surface area contributed by atoms with Gasteiger partial charge in [-0.2, -0.15) is 0 Å². The molecule has 0 radical (unpaired) electrons. The normalized spacial score (nSPS) is 12.4. The molecule has 1 aromatic rings. The highest BCUT2D eigenvalue weighted by Crippen LogP contribution is 2.22. The fourth-order valence-corrected chi connectivity index (χ4v) is 2.05. The standard InChI is InChI=1S/C14H22N2O4/c1-5-10(6-2)11-7-12(20-15-11)13(17)16(4)8-9(3)14(18)19/h7,9-10H,5-6,8H2,1-4H3,(H,18,19). The van der Waals surface area contributed by atoms with E-state index in [1.807, 2.05) is 0 Å². The second-order valence-corrected chi connectivity index (χ2v) is 5.05. The molecule has 0 saturated heterocycles. The van der Waals surface area contributed by atoms with Crippen molar-refractivity contribution in [3.05, 3.63) is 17.5 Å². The number of amides is 1. The molecule has 1 amide bonds. The molecular formula is C14H22N2O4. The molecule has 20 heavy (non-hydrogen) atoms. The van der Waals surface area contributed by atoms with E-state index in [0.29, 0.717) is 0 Å². The van der Waals surface area contributed by atoms with Crippen molar-refractivity contribution in [3.63, 3.8) is 0 Å². The van der Waals surface area contributed by atoms with Crippen molar-refractivity contribution in [2.24, 2.45) is 5.92 Å². The Balaban J connectivity index is 2.75. The molecule has 0 aliphatic rings. The minimum absolute atomic E-state index is 0.134. The van der Waals surface area contributed by atoms with E-state index in [1.165, 1.54) is 4.90 Å². The van der Waals surface area contributed by atoms with Gasteiger partial charge in [-0.3, -0.25) is 9.59 Å². The SMILES string of the molecule is CCC(CC)c1cc(C(=O)N(C)CC(C)C(=O)O)on1. The maximum atomic E-state index is 12.1. The highest BCUT2D eigenvalue weighted by molar-refractivity contribution is 5.91. The lowest BCUT2D eigenvalue weighted by Crippen LogP contribution is -2.33. The van der Waals surface area contributed by atoms with E-state index in [2.05, 4.69) is 19.0 Å². The predicted molar refractivity (Wildman–Crippen MR) is 73.6 cm³/mol. The molecule has 0 saturated carbocycles. The van der Waals surface area contributed by atoms with Crippen LogP contribution in [0.3, 0.4) is 0 Å². The third-order valence-electron chi connectivity index (χ3n) is 3.46. The Morgan fingerprint density at radius 2 is 2.00 bits per heavy atom. The lowest BCUT2D eigenvalue weighted by molar-refractivity contribution is -0.141. The molecule has 1 N–H and O–H groups in total. The van der Waals surface area contributed by atoms with Crippen molar-refractivity contribution in [1.82, 2.24) is 10.1 Å². The summed E-state index contributed by atoms with van der Waals surface area (Å²) >= 11 is 0. The van der Waals surface area contributed by atoms with E-state index >= 15 is 0 Å². The van der Waals surface area contributed by atoms with Gasteiger partial charge in [0.1, 0.15) is 0 Å². The van der Waals surface area contributed by atoms with E-state index < -0.39 is 11.9 Å². The number of carbonyl (C=O) groups excluding carboxylic acids is 1. The molecule has 1 rings (SSSR count). The number of hydrogen-bond acceptors (Lipinski definition) is 4. The lowest BCUT2D eigenvalue weighted by atomic mass is 9.99. The van der Waals surface area contributed by atoms with E-state index in [9.17, 15) is 9.59 Å². The van der Waals surface area contributed by atoms with Gasteiger partial charge in [-0.05, 0) is 12.8 Å². The van der Waals surface area contributed by atoms with Gasteiger partial charge in [-0.1, -0.05) is 25.9 Å². The summed E-state index contributed by atoms with van der Waals surface area (Å²) in [6.45, 7) is 5.81. The van der Waals surface area contributed by atoms with Crippen LogP contribution < -0.4 is 0 Å². The zero-order valence-corrected chi connectivity index (χ0v) is 12.4. The molecule has 0 bridgehead atoms. The van der Waals surface area contributed by atoms with Crippen LogP contribution in [0.15, 0.2) is 10.6 Å². The smallest absolute Gasteiger partial charge is 0.308 e. The first kappa shape index (κ1) is 16.2. The Hall–Kier alpha value is -1.85. The maximum Gasteiger partial charge on any atom is 0.308 e. The van der Waals surface area contributed by atoms with Crippen LogP contribution in [0.1, 0.15) is 55.8 Å². The second kappa shape index (κ2) is 7.07. The fourth-order valence-electron chi connectivity index (χ4n) is 2.05. The first-order chi connectivity index (χ1) is 9.40. The monoisotopic (exact) mass is 282 g/mol. The minimum atomic E-state index is -0.931. The highest BCUT2D eigenvalue weighted by atomic mass is 16.5. The third-order valence-corrected chi connectivity index (χ3v) is 3.46. The van der Waals surface area contributed by atoms with Crippen molar-refractivity contribution < 1.29 is 19.2 Å². The molecule has 1 heterocycles. The van der Waals surface area contributed by atoms with Crippen LogP contribution >= 0.6 is 0 Å². The van der Waals surface area contributed by atoms with E-state index in [1.54, 1.807) is 20.0 Å². The Kier molecular flexibility index (Phi) is 5.73. The highest BCUT2D eigenvalue weighted by Gasteiger charge is 2.23. The summed E-state index contributed by atoms with van der Waals surface area (Å²) in [6, 6.07) is 1.65. The van der Waals surface area contributed by atoms with Gasteiger partial charge >= 0.3 is 5.97 Å². The summed E-state index contributed by atoms with van der Waals surface area (Å²) in [5, 5.41) is 12.8. The van der Waals surface area contributed by atoms with Crippen LogP contribution in [-0.4, -0.2) is 40.6 Å². The summed E-state index contributed by atoms with van der Waals surface area (Å²) < 4.78 is 5.09. The largest absolute Gasteiger partial charge is 0.481 e. The third kappa shape index (κ3) is 3.82. The topological polar surface area (TPSA) is 83.6 Å². The zero-order chi connectivity index (χ0) is 15.3. The van der Waals surface area contributed by atoms with E-state index in [0.717, 1.165) is 18.5 Å². The number of nitrogens with zero attached hydrogens (tertiary/aromatic N) is 2. The summed E-state index contributed by atoms with van der Waals surface area (Å²) in [5.41, 5.74) is 0.776. The molecular weight excluding hydrogens is 260 g/mol. The molecule has 1 aromatic heterocycles. The van der Waals surface area contributed by atoms with Gasteiger partial charge in [-0.25, -0.2) is 0 Å². The van der Waals surface area contributed by atoms with Crippen LogP contribution in [0, 0.1) is 5.92 Å². The van der Waals surface area contributed by atoms with Crippen LogP contribution in [0.5, 0.6) is 0 Å². The Bertz CT molecular complexity index is 465. The Morgan fingerprint density at radius 1 is 1.40 bits per heavy atom. The van der Waals surface area contributed by atoms with Gasteiger partial charge in [0.15, 0.2) is 0 Å². The first-order valence-corrected chi connectivity index (χ1v) is 6.85. The molecule has 0 fully saturated rings. The van der Waals surface area contributed by atoms with Crippen LogP contribution in [0.25, 0.3) is 0 Å². The van der Waals surface area contributed by atoms with Crippen molar-refractivity contribution in [1.29, 1.82) is 0 Å². The van der Waals surface area contributed by atoms with Gasteiger partial charge in [0.2, 0.25) is 5.76 Å². The van der Waals surface area contributed by atoms with Crippen molar-refractivity contribution in [2.45, 2.75) is 39.5 Å². The van der Waals surface area contributed by atoms with Gasteiger partial charge < -0.3 is 14.5 Å². The van der Waals surface area contributed by atoms with Crippen LogP contribution in [-0.2, 0) is 4.79 Å². The summed E-state index contributed by atoms with van der Waals surface area (Å²) in [4.78, 5) is 24.2. The molecule has 0 aromatic carbocycles. The van der Waals surface area contributed by atoms with E-state index in [-0.39, 0.29) is 24.1 Å². The summed E-state index contributed by atoms with van der Waals surface area (Å²) in [5.74, 6) is -1.45. The average molecular weight is 282 g/mol. The number of hydrogen-bond donors (Lipinski definition) is 1. The molecule has 1 unspecified atom stereocenters. The zero-order valence-electron chi connectivity index (χ0n) is 12.4. The van der Waals surface area contributed by atoms with Gasteiger partial charge in [0.25, 0.3) is 5.91 Å². The van der Waals surface area contributed by atoms with Crippen molar-refractivity contribution >= 4 is 11.9 Å². The number of carbonyl (C=O) groups is 2. The molecule has 0 aliphatic heterocycles. The quantitative estimate of drug-likeness (QED) is 0.830. The van der Waals surface area contributed by atoms with Gasteiger partial charge in [0.05, 0.1) is 11.6 Å². The molecule has 0 spiro atoms. The van der Waals surface area contributed by atoms with Gasteiger partial charge in [-0.15, -0.1) is 0 Å². The molecule has 0 aliphatic carbocycles. The Morgan fingerprint density at radius 3 is 2.50 bits per heavy atom. The van der Waals surface area contributed by atoms with Crippen LogP contribution in [0.2, 0.25) is 0 Å². The van der Waals surface area contributed by atoms with Gasteiger partial charge in [0, 0.05) is 25.6 Å². The lowest BCUT2D eigenvalue weighted by Gasteiger charge is -2.17. The summed E-state index contributed by atoms with van der Waals surface area (Å²) in [6.07, 6.45) is 1.87. The number of carboxylic acids is 1. The minimum Gasteiger partial charge on any atom is -0.481 e. The predicted octanol–water partition coefficient (Wildman–Crippen LogP) is 2.37. The number of aliphatic carboxylic acids is 1. The fraction of sp³-hybridized carbons (Fsp3) is 0.643. The molecule has 1 atom stereocenters. The summed E-state index contributed by atoms with van der Waals surface area (Å²) in [7, 11) is 1.56. The van der Waals surface area contributed by atoms with Crippen molar-refractivity contribution in [3.8, 4) is 0 Å². The van der Waals surface area contributed by atoms with Crippen molar-refractivity contribution in [2.75, 3.05) is 13.6 Å². The first-order valence-electron chi connectivity index (χ1n) is 6.85. The molecule has 6 heteroatoms. The Labute approximate surface area is 118 Å². The number of carboxylic acid groups (broad SMARTS) is 1. The second-order valence-electron chi connectivity index (χ2n) is 5.05. The maximum absolute atomic E-state index is 12.1. The van der Waals surface area contributed by atoms with E-state index in [4.69, 9.17) is 9.63 Å².